The Balaban J connectivity index is 1.65. The molecule has 0 saturated carbocycles. The van der Waals surface area contributed by atoms with E-state index in [0.29, 0.717) is 22.2 Å². The maximum atomic E-state index is 13.0. The molecule has 0 amide bonds. The molecule has 6 heteroatoms. The molecule has 1 aliphatic rings. The largest absolute Gasteiger partial charge is 0.438 e. The van der Waals surface area contributed by atoms with Crippen LogP contribution < -0.4 is 10.3 Å². The summed E-state index contributed by atoms with van der Waals surface area (Å²) in [4.78, 5) is 23.7. The van der Waals surface area contributed by atoms with Crippen molar-refractivity contribution in [3.8, 4) is 17.1 Å². The predicted octanol–water partition coefficient (Wildman–Crippen LogP) is 6.14. The molecule has 1 unspecified atom stereocenters. The monoisotopic (exact) mass is 451 g/mol. The molecule has 1 atom stereocenters. The summed E-state index contributed by atoms with van der Waals surface area (Å²) < 4.78 is 6.10. The summed E-state index contributed by atoms with van der Waals surface area (Å²) in [5, 5.41) is 1.69. The van der Waals surface area contributed by atoms with Crippen LogP contribution in [0.5, 0.6) is 5.88 Å². The summed E-state index contributed by atoms with van der Waals surface area (Å²) in [5.74, 6) is 0.565. The van der Waals surface area contributed by atoms with Crippen molar-refractivity contribution in [3.05, 3.63) is 123 Å². The number of hydrogen-bond acceptors (Lipinski definition) is 3. The summed E-state index contributed by atoms with van der Waals surface area (Å²) in [5.41, 5.74) is 5.13. The van der Waals surface area contributed by atoms with Gasteiger partial charge in [0.25, 0.3) is 5.56 Å². The third-order valence-corrected chi connectivity index (χ3v) is 6.19. The lowest BCUT2D eigenvalue weighted by Gasteiger charge is -2.24. The molecule has 5 aromatic rings. The van der Waals surface area contributed by atoms with Gasteiger partial charge in [-0.2, -0.15) is 0 Å². The number of H-pyrrole nitrogens is 2. The van der Waals surface area contributed by atoms with E-state index < -0.39 is 0 Å². The van der Waals surface area contributed by atoms with E-state index in [1.54, 1.807) is 0 Å². The predicted molar refractivity (Wildman–Crippen MR) is 130 cm³/mol. The standard InChI is InChI=1S/C27H18ClN3O2/c28-18-12-10-16(11-13-18)22-14-20(24-26(32)29-15-30-27(24)33-22)23-19-8-4-5-9-21(19)31-25(23)17-6-2-1-3-7-17/h1-15,20,31H,(H,29,30,32). The molecule has 0 aliphatic carbocycles. The molecule has 0 saturated heterocycles. The van der Waals surface area contributed by atoms with Crippen molar-refractivity contribution in [2.45, 2.75) is 5.92 Å². The quantitative estimate of drug-likeness (QED) is 0.346. The van der Waals surface area contributed by atoms with Crippen LogP contribution in [-0.2, 0) is 0 Å². The van der Waals surface area contributed by atoms with Gasteiger partial charge in [0.05, 0.1) is 17.6 Å². The maximum absolute atomic E-state index is 13.0. The second-order valence-corrected chi connectivity index (χ2v) is 8.33. The normalized spacial score (nSPS) is 15.1. The van der Waals surface area contributed by atoms with E-state index in [1.165, 1.54) is 6.33 Å². The molecule has 6 rings (SSSR count). The Morgan fingerprint density at radius 3 is 2.42 bits per heavy atom. The summed E-state index contributed by atoms with van der Waals surface area (Å²) >= 11 is 6.09. The average Bonchev–Trinajstić information content (AvgIpc) is 3.24. The van der Waals surface area contributed by atoms with Crippen LogP contribution in [0.15, 0.2) is 96.1 Å². The molecule has 2 aromatic heterocycles. The molecule has 3 aromatic carbocycles. The van der Waals surface area contributed by atoms with Gasteiger partial charge in [-0.15, -0.1) is 0 Å². The number of aromatic nitrogens is 3. The van der Waals surface area contributed by atoms with Crippen molar-refractivity contribution in [1.29, 1.82) is 0 Å². The highest BCUT2D eigenvalue weighted by Crippen LogP contribution is 2.44. The fourth-order valence-electron chi connectivity index (χ4n) is 4.44. The van der Waals surface area contributed by atoms with Crippen LogP contribution in [0, 0.1) is 0 Å². The minimum absolute atomic E-state index is 0.222. The SMILES string of the molecule is O=c1[nH]cnc2c1C(c1c(-c3ccccc3)[nH]c3ccccc13)C=C(c1ccc(Cl)cc1)O2. The van der Waals surface area contributed by atoms with Crippen molar-refractivity contribution in [2.24, 2.45) is 0 Å². The Hall–Kier alpha value is -4.09. The molecule has 1 aliphatic heterocycles. The number of rotatable bonds is 3. The molecule has 0 radical (unpaired) electrons. The third kappa shape index (κ3) is 3.34. The molecule has 3 heterocycles. The summed E-state index contributed by atoms with van der Waals surface area (Å²) in [6.07, 6.45) is 3.36. The molecule has 33 heavy (non-hydrogen) atoms. The van der Waals surface area contributed by atoms with E-state index >= 15 is 0 Å². The van der Waals surface area contributed by atoms with Crippen molar-refractivity contribution in [3.63, 3.8) is 0 Å². The Kier molecular flexibility index (Phi) is 4.63. The van der Waals surface area contributed by atoms with Crippen molar-refractivity contribution in [1.82, 2.24) is 15.0 Å². The Labute approximate surface area is 194 Å². The van der Waals surface area contributed by atoms with Crippen LogP contribution in [0.1, 0.15) is 22.6 Å². The third-order valence-electron chi connectivity index (χ3n) is 5.94. The number of fused-ring (bicyclic) bond motifs is 2. The highest BCUT2D eigenvalue weighted by molar-refractivity contribution is 6.30. The van der Waals surface area contributed by atoms with Gasteiger partial charge >= 0.3 is 0 Å². The first-order chi connectivity index (χ1) is 16.2. The van der Waals surface area contributed by atoms with Gasteiger partial charge in [0.2, 0.25) is 5.88 Å². The summed E-state index contributed by atoms with van der Waals surface area (Å²) in [7, 11) is 0. The topological polar surface area (TPSA) is 70.8 Å². The molecular formula is C27H18ClN3O2. The van der Waals surface area contributed by atoms with Gasteiger partial charge < -0.3 is 14.7 Å². The minimum atomic E-state index is -0.372. The smallest absolute Gasteiger partial charge is 0.258 e. The fraction of sp³-hybridized carbons (Fsp3) is 0.0370. The first-order valence-electron chi connectivity index (χ1n) is 10.6. The molecule has 160 valence electrons. The highest BCUT2D eigenvalue weighted by atomic mass is 35.5. The van der Waals surface area contributed by atoms with Gasteiger partial charge in [-0.3, -0.25) is 4.79 Å². The van der Waals surface area contributed by atoms with Gasteiger partial charge in [0.1, 0.15) is 5.76 Å². The number of para-hydroxylation sites is 1. The number of nitrogens with zero attached hydrogens (tertiary/aromatic N) is 1. The van der Waals surface area contributed by atoms with Crippen LogP contribution >= 0.6 is 11.6 Å². The molecular weight excluding hydrogens is 434 g/mol. The van der Waals surface area contributed by atoms with Gasteiger partial charge in [0, 0.05) is 27.4 Å². The number of benzene rings is 3. The lowest BCUT2D eigenvalue weighted by molar-refractivity contribution is 0.467. The zero-order valence-corrected chi connectivity index (χ0v) is 18.1. The van der Waals surface area contributed by atoms with Crippen molar-refractivity contribution in [2.75, 3.05) is 0 Å². The molecule has 0 spiro atoms. The van der Waals surface area contributed by atoms with E-state index in [2.05, 4.69) is 33.2 Å². The fourth-order valence-corrected chi connectivity index (χ4v) is 4.56. The van der Waals surface area contributed by atoms with Crippen molar-refractivity contribution >= 4 is 28.3 Å². The van der Waals surface area contributed by atoms with Gasteiger partial charge in [0.15, 0.2) is 0 Å². The first kappa shape index (κ1) is 19.6. The summed E-state index contributed by atoms with van der Waals surface area (Å²) in [6, 6.07) is 25.7. The minimum Gasteiger partial charge on any atom is -0.438 e. The van der Waals surface area contributed by atoms with E-state index in [1.807, 2.05) is 66.7 Å². The molecule has 0 fully saturated rings. The van der Waals surface area contributed by atoms with E-state index in [0.717, 1.165) is 33.3 Å². The summed E-state index contributed by atoms with van der Waals surface area (Å²) in [6.45, 7) is 0. The van der Waals surface area contributed by atoms with Crippen molar-refractivity contribution < 1.29 is 4.74 Å². The van der Waals surface area contributed by atoms with Crippen LogP contribution in [0.25, 0.3) is 27.9 Å². The van der Waals surface area contributed by atoms with E-state index in [4.69, 9.17) is 16.3 Å². The van der Waals surface area contributed by atoms with Gasteiger partial charge in [-0.1, -0.05) is 60.1 Å². The lowest BCUT2D eigenvalue weighted by Crippen LogP contribution is -2.22. The number of hydrogen-bond donors (Lipinski definition) is 2. The zero-order valence-electron chi connectivity index (χ0n) is 17.4. The van der Waals surface area contributed by atoms with E-state index in [9.17, 15) is 4.79 Å². The van der Waals surface area contributed by atoms with E-state index in [-0.39, 0.29) is 11.5 Å². The Bertz CT molecular complexity index is 1570. The van der Waals surface area contributed by atoms with Crippen LogP contribution in [0.3, 0.4) is 0 Å². The Morgan fingerprint density at radius 1 is 0.848 bits per heavy atom. The number of nitrogens with one attached hydrogen (secondary N) is 2. The van der Waals surface area contributed by atoms with Crippen LogP contribution in [0.2, 0.25) is 5.02 Å². The first-order valence-corrected chi connectivity index (χ1v) is 11.0. The average molecular weight is 452 g/mol. The zero-order chi connectivity index (χ0) is 22.4. The lowest BCUT2D eigenvalue weighted by atomic mass is 9.86. The number of aromatic amines is 2. The number of ether oxygens (including phenoxy) is 1. The number of allylic oxidation sites excluding steroid dienone is 1. The molecule has 0 bridgehead atoms. The maximum Gasteiger partial charge on any atom is 0.258 e. The number of halogens is 1. The molecule has 2 N–H and O–H groups in total. The van der Waals surface area contributed by atoms with Crippen LogP contribution in [-0.4, -0.2) is 15.0 Å². The molecule has 5 nitrogen and oxygen atoms in total. The van der Waals surface area contributed by atoms with Gasteiger partial charge in [-0.25, -0.2) is 4.98 Å². The van der Waals surface area contributed by atoms with Crippen LogP contribution in [0.4, 0.5) is 0 Å². The highest BCUT2D eigenvalue weighted by Gasteiger charge is 2.32. The van der Waals surface area contributed by atoms with Gasteiger partial charge in [-0.05, 0) is 47.5 Å². The second kappa shape index (κ2) is 7.80. The second-order valence-electron chi connectivity index (χ2n) is 7.89. The Morgan fingerprint density at radius 2 is 1.61 bits per heavy atom.